The molecule has 0 aliphatic carbocycles. The summed E-state index contributed by atoms with van der Waals surface area (Å²) in [7, 11) is 0. The third-order valence-corrected chi connectivity index (χ3v) is 2.02. The van der Waals surface area contributed by atoms with Gasteiger partial charge >= 0.3 is 5.97 Å². The van der Waals surface area contributed by atoms with Gasteiger partial charge in [-0.2, -0.15) is 0 Å². The van der Waals surface area contributed by atoms with Crippen molar-refractivity contribution in [3.8, 4) is 5.75 Å². The maximum Gasteiger partial charge on any atom is 0.331 e. The number of amides is 1. The number of hydrogen-bond acceptors (Lipinski definition) is 5. The summed E-state index contributed by atoms with van der Waals surface area (Å²) in [4.78, 5) is 25.9. The number of carbonyl (C=O) groups excluding carboxylic acids is 2. The molecule has 0 saturated carbocycles. The van der Waals surface area contributed by atoms with Gasteiger partial charge in [0.15, 0.2) is 0 Å². The summed E-state index contributed by atoms with van der Waals surface area (Å²) in [5, 5.41) is 15.9. The van der Waals surface area contributed by atoms with E-state index in [-0.39, 0.29) is 11.7 Å². The van der Waals surface area contributed by atoms with E-state index in [4.69, 9.17) is 0 Å². The molecule has 6 heteroatoms. The Balaban J connectivity index is 2.94. The molecule has 0 aromatic heterocycles. The lowest BCUT2D eigenvalue weighted by molar-refractivity contribution is -0.140. The molecule has 0 fully saturated rings. The fraction of sp³-hybridized carbons (Fsp3) is 0.250. The molecule has 0 aliphatic heterocycles. The lowest BCUT2D eigenvalue weighted by Gasteiger charge is -2.07. The van der Waals surface area contributed by atoms with Gasteiger partial charge in [-0.25, -0.2) is 4.79 Å². The molecule has 0 unspecified atom stereocenters. The second-order valence-electron chi connectivity index (χ2n) is 3.67. The van der Waals surface area contributed by atoms with Crippen LogP contribution in [0, 0.1) is 0 Å². The Hall–Kier alpha value is -2.37. The number of phenolic OH excluding ortho intramolecular Hbond substituents is 1. The van der Waals surface area contributed by atoms with E-state index in [1.807, 2.05) is 0 Å². The number of phenols is 1. The number of nitrogens with zero attached hydrogens (tertiary/aromatic N) is 1. The van der Waals surface area contributed by atoms with E-state index in [0.717, 1.165) is 0 Å². The molecular weight excluding hydrogens is 236 g/mol. The quantitative estimate of drug-likeness (QED) is 0.485. The Morgan fingerprint density at radius 2 is 1.94 bits per heavy atom. The zero-order chi connectivity index (χ0) is 13.7. The van der Waals surface area contributed by atoms with Crippen LogP contribution in [0.25, 0.3) is 0 Å². The highest BCUT2D eigenvalue weighted by atomic mass is 16.7. The van der Waals surface area contributed by atoms with Crippen molar-refractivity contribution in [2.24, 2.45) is 5.16 Å². The van der Waals surface area contributed by atoms with E-state index < -0.39 is 5.97 Å². The van der Waals surface area contributed by atoms with Gasteiger partial charge in [0.1, 0.15) is 5.75 Å². The summed E-state index contributed by atoms with van der Waals surface area (Å²) in [5.41, 5.74) is 1.26. The number of carbonyl (C=O) groups is 2. The van der Waals surface area contributed by atoms with Crippen LogP contribution in [0.4, 0.5) is 5.69 Å². The van der Waals surface area contributed by atoms with Gasteiger partial charge in [-0.1, -0.05) is 5.16 Å². The van der Waals surface area contributed by atoms with Crippen LogP contribution in [0.5, 0.6) is 5.75 Å². The normalized spacial score (nSPS) is 10.9. The molecule has 1 aromatic carbocycles. The van der Waals surface area contributed by atoms with Crippen molar-refractivity contribution in [2.75, 3.05) is 5.32 Å². The molecule has 0 heterocycles. The van der Waals surface area contributed by atoms with Gasteiger partial charge in [-0.05, 0) is 19.1 Å². The molecule has 96 valence electrons. The van der Waals surface area contributed by atoms with E-state index in [0.29, 0.717) is 17.0 Å². The number of hydrogen-bond donors (Lipinski definition) is 2. The minimum atomic E-state index is -0.538. The zero-order valence-electron chi connectivity index (χ0n) is 10.4. The van der Waals surface area contributed by atoms with Crippen molar-refractivity contribution >= 4 is 23.3 Å². The highest BCUT2D eigenvalue weighted by molar-refractivity contribution is 6.01. The van der Waals surface area contributed by atoms with Crippen LogP contribution in [-0.4, -0.2) is 22.7 Å². The van der Waals surface area contributed by atoms with Crippen LogP contribution in [-0.2, 0) is 14.4 Å². The summed E-state index contributed by atoms with van der Waals surface area (Å²) in [6, 6.07) is 4.58. The van der Waals surface area contributed by atoms with Crippen molar-refractivity contribution in [3.63, 3.8) is 0 Å². The Morgan fingerprint density at radius 1 is 1.28 bits per heavy atom. The molecule has 0 saturated heterocycles. The Morgan fingerprint density at radius 3 is 2.44 bits per heavy atom. The maximum absolute atomic E-state index is 10.8. The lowest BCUT2D eigenvalue weighted by atomic mass is 10.1. The van der Waals surface area contributed by atoms with Crippen molar-refractivity contribution in [1.29, 1.82) is 0 Å². The van der Waals surface area contributed by atoms with E-state index in [1.165, 1.54) is 19.9 Å². The summed E-state index contributed by atoms with van der Waals surface area (Å²) < 4.78 is 0. The van der Waals surface area contributed by atoms with Crippen molar-refractivity contribution in [1.82, 2.24) is 0 Å². The van der Waals surface area contributed by atoms with E-state index in [2.05, 4.69) is 15.3 Å². The molecule has 6 nitrogen and oxygen atoms in total. The maximum atomic E-state index is 10.8. The Labute approximate surface area is 104 Å². The Bertz CT molecular complexity index is 509. The molecular formula is C12H14N2O4. The highest BCUT2D eigenvalue weighted by Gasteiger charge is 2.07. The van der Waals surface area contributed by atoms with Crippen LogP contribution < -0.4 is 5.32 Å². The fourth-order valence-electron chi connectivity index (χ4n) is 1.30. The highest BCUT2D eigenvalue weighted by Crippen LogP contribution is 2.22. The predicted octanol–water partition coefficient (Wildman–Crippen LogP) is 1.64. The van der Waals surface area contributed by atoms with Gasteiger partial charge in [0.2, 0.25) is 5.91 Å². The first-order chi connectivity index (χ1) is 8.40. The van der Waals surface area contributed by atoms with Gasteiger partial charge in [-0.3, -0.25) is 4.79 Å². The van der Waals surface area contributed by atoms with Gasteiger partial charge in [0.25, 0.3) is 0 Å². The molecule has 2 N–H and O–H groups in total. The third kappa shape index (κ3) is 3.89. The molecule has 0 radical (unpaired) electrons. The molecule has 1 aromatic rings. The van der Waals surface area contributed by atoms with Gasteiger partial charge in [-0.15, -0.1) is 0 Å². The number of anilines is 1. The van der Waals surface area contributed by atoms with Crippen LogP contribution in [0.15, 0.2) is 23.4 Å². The van der Waals surface area contributed by atoms with E-state index in [1.54, 1.807) is 19.1 Å². The van der Waals surface area contributed by atoms with Gasteiger partial charge in [0.05, 0.1) is 5.71 Å². The molecule has 0 aliphatic rings. The molecule has 0 bridgehead atoms. The number of benzene rings is 1. The first-order valence-corrected chi connectivity index (χ1v) is 5.23. The van der Waals surface area contributed by atoms with Crippen LogP contribution >= 0.6 is 0 Å². The number of aromatic hydroxyl groups is 1. The zero-order valence-corrected chi connectivity index (χ0v) is 10.4. The standard InChI is InChI=1S/C12H14N2O4/c1-7(14-18-9(3)16)11-5-4-10(6-12(11)17)13-8(2)15/h4-6,17H,1-3H3,(H,13,15)/b14-7+. The SMILES string of the molecule is CC(=O)Nc1ccc(/C(C)=N/OC(C)=O)c(O)c1. The monoisotopic (exact) mass is 250 g/mol. The summed E-state index contributed by atoms with van der Waals surface area (Å²) in [6.45, 7) is 4.20. The molecule has 0 atom stereocenters. The Kier molecular flexibility index (Phi) is 4.42. The third-order valence-electron chi connectivity index (χ3n) is 2.02. The summed E-state index contributed by atoms with van der Waals surface area (Å²) in [5.74, 6) is -0.828. The van der Waals surface area contributed by atoms with Gasteiger partial charge < -0.3 is 15.3 Å². The minimum absolute atomic E-state index is 0.0605. The van der Waals surface area contributed by atoms with Crippen molar-refractivity contribution in [2.45, 2.75) is 20.8 Å². The first kappa shape index (κ1) is 13.7. The average Bonchev–Trinajstić information content (AvgIpc) is 2.25. The topological polar surface area (TPSA) is 88.0 Å². The smallest absolute Gasteiger partial charge is 0.331 e. The van der Waals surface area contributed by atoms with E-state index in [9.17, 15) is 14.7 Å². The van der Waals surface area contributed by atoms with Gasteiger partial charge in [0, 0.05) is 31.2 Å². The predicted molar refractivity (Wildman–Crippen MR) is 66.4 cm³/mol. The summed E-state index contributed by atoms with van der Waals surface area (Å²) in [6.07, 6.45) is 0. The average molecular weight is 250 g/mol. The number of oxime groups is 1. The largest absolute Gasteiger partial charge is 0.507 e. The number of rotatable bonds is 3. The van der Waals surface area contributed by atoms with Crippen molar-refractivity contribution in [3.05, 3.63) is 23.8 Å². The molecule has 0 spiro atoms. The van der Waals surface area contributed by atoms with Crippen LogP contribution in [0.3, 0.4) is 0 Å². The molecule has 18 heavy (non-hydrogen) atoms. The molecule has 1 amide bonds. The molecule has 1 rings (SSSR count). The van der Waals surface area contributed by atoms with Crippen LogP contribution in [0.1, 0.15) is 26.3 Å². The second-order valence-corrected chi connectivity index (χ2v) is 3.67. The second kappa shape index (κ2) is 5.81. The lowest BCUT2D eigenvalue weighted by Crippen LogP contribution is -2.06. The first-order valence-electron chi connectivity index (χ1n) is 5.23. The fourth-order valence-corrected chi connectivity index (χ4v) is 1.30. The van der Waals surface area contributed by atoms with Crippen LogP contribution in [0.2, 0.25) is 0 Å². The van der Waals surface area contributed by atoms with E-state index >= 15 is 0 Å². The number of nitrogens with one attached hydrogen (secondary N) is 1. The summed E-state index contributed by atoms with van der Waals surface area (Å²) >= 11 is 0. The minimum Gasteiger partial charge on any atom is -0.507 e. The van der Waals surface area contributed by atoms with Crippen molar-refractivity contribution < 1.29 is 19.5 Å².